The van der Waals surface area contributed by atoms with Gasteiger partial charge in [-0.25, -0.2) is 0 Å². The van der Waals surface area contributed by atoms with Crippen molar-refractivity contribution in [2.24, 2.45) is 22.4 Å². The van der Waals surface area contributed by atoms with Crippen LogP contribution < -0.4 is 16.8 Å². The highest BCUT2D eigenvalue weighted by Crippen LogP contribution is 2.08. The van der Waals surface area contributed by atoms with E-state index in [1.54, 1.807) is 0 Å². The highest BCUT2D eigenvalue weighted by atomic mass is 16.6. The van der Waals surface area contributed by atoms with Gasteiger partial charge in [-0.15, -0.1) is 0 Å². The average Bonchev–Trinajstić information content (AvgIpc) is 2.70. The van der Waals surface area contributed by atoms with Crippen molar-refractivity contribution in [2.45, 2.75) is 6.42 Å². The van der Waals surface area contributed by atoms with Crippen LogP contribution in [-0.2, 0) is 14.3 Å². The van der Waals surface area contributed by atoms with Gasteiger partial charge in [-0.3, -0.25) is 9.59 Å². The summed E-state index contributed by atoms with van der Waals surface area (Å²) in [6, 6.07) is -0.442. The number of rotatable bonds is 2. The van der Waals surface area contributed by atoms with Crippen molar-refractivity contribution in [3.8, 4) is 0 Å². The lowest BCUT2D eigenvalue weighted by molar-refractivity contribution is -0.139. The predicted octanol–water partition coefficient (Wildman–Crippen LogP) is -2.06. The molecule has 1 atom stereocenters. The van der Waals surface area contributed by atoms with E-state index in [1.807, 2.05) is 0 Å². The minimum Gasteiger partial charge on any atom is -0.392 e. The molecule has 1 aliphatic rings. The molecular formula is C8H14N4O3. The number of hydrogen-bond acceptors (Lipinski definition) is 5. The molecule has 1 rings (SSSR count). The van der Waals surface area contributed by atoms with Crippen molar-refractivity contribution in [3.63, 3.8) is 0 Å². The van der Waals surface area contributed by atoms with Crippen LogP contribution in [0.1, 0.15) is 6.42 Å². The van der Waals surface area contributed by atoms with Crippen molar-refractivity contribution < 1.29 is 14.3 Å². The zero-order valence-corrected chi connectivity index (χ0v) is 8.23. The summed E-state index contributed by atoms with van der Waals surface area (Å²) >= 11 is 0. The Bertz CT molecular complexity index is 284. The van der Waals surface area contributed by atoms with E-state index < -0.39 is 17.9 Å². The molecule has 0 radical (unpaired) electrons. The van der Waals surface area contributed by atoms with Crippen molar-refractivity contribution in [3.05, 3.63) is 0 Å². The number of amides is 1. The van der Waals surface area contributed by atoms with Gasteiger partial charge < -0.3 is 21.5 Å². The number of nitrogens with zero attached hydrogens (tertiary/aromatic N) is 1. The number of nitrogens with two attached hydrogens (primary N) is 2. The van der Waals surface area contributed by atoms with Gasteiger partial charge in [0.2, 0.25) is 0 Å². The minimum absolute atomic E-state index is 0.216. The second kappa shape index (κ2) is 5.42. The number of amidine groups is 1. The number of carbonyl (C=O) groups is 2. The van der Waals surface area contributed by atoms with Gasteiger partial charge >= 0.3 is 5.97 Å². The van der Waals surface area contributed by atoms with Crippen LogP contribution in [0.15, 0.2) is 4.99 Å². The van der Waals surface area contributed by atoms with Crippen molar-refractivity contribution in [1.29, 1.82) is 0 Å². The number of aliphatic imine (C=N–C) groups is 1. The predicted molar refractivity (Wildman–Crippen MR) is 52.8 cm³/mol. The number of carbonyl (C=O) groups excluding carboxylic acids is 2. The van der Waals surface area contributed by atoms with Gasteiger partial charge in [0, 0.05) is 6.54 Å². The molecule has 0 spiro atoms. The maximum Gasteiger partial charge on any atom is 0.318 e. The van der Waals surface area contributed by atoms with Crippen LogP contribution >= 0.6 is 0 Å². The quantitative estimate of drug-likeness (QED) is 0.276. The fourth-order valence-corrected chi connectivity index (χ4v) is 1.23. The third-order valence-corrected chi connectivity index (χ3v) is 2.01. The van der Waals surface area contributed by atoms with Gasteiger partial charge in [-0.1, -0.05) is 0 Å². The lowest BCUT2D eigenvalue weighted by atomic mass is 10.1. The molecule has 84 valence electrons. The number of hydrogen-bond donors (Lipinski definition) is 3. The first-order valence-corrected chi connectivity index (χ1v) is 4.63. The standard InChI is InChI=1S/C8H14N4O3/c9-3-6(13)12-8(10)15-7(14)5-1-2-11-4-5/h5,11H,1-4,9H2,(H2,10,12,13). The second-order valence-electron chi connectivity index (χ2n) is 3.16. The van der Waals surface area contributed by atoms with Crippen LogP contribution in [0.5, 0.6) is 0 Å². The van der Waals surface area contributed by atoms with E-state index in [1.165, 1.54) is 0 Å². The Morgan fingerprint density at radius 2 is 2.27 bits per heavy atom. The van der Waals surface area contributed by atoms with E-state index in [9.17, 15) is 9.59 Å². The summed E-state index contributed by atoms with van der Waals surface area (Å²) < 4.78 is 4.68. The Kier molecular flexibility index (Phi) is 4.19. The molecule has 0 saturated carbocycles. The van der Waals surface area contributed by atoms with E-state index in [4.69, 9.17) is 11.5 Å². The van der Waals surface area contributed by atoms with Crippen LogP contribution in [-0.4, -0.2) is 37.5 Å². The van der Waals surface area contributed by atoms with Crippen LogP contribution in [0, 0.1) is 5.92 Å². The number of esters is 1. The third-order valence-electron chi connectivity index (χ3n) is 2.01. The first-order chi connectivity index (χ1) is 7.13. The minimum atomic E-state index is -0.621. The van der Waals surface area contributed by atoms with Gasteiger partial charge in [-0.05, 0) is 13.0 Å². The van der Waals surface area contributed by atoms with Crippen LogP contribution in [0.3, 0.4) is 0 Å². The van der Waals surface area contributed by atoms with Gasteiger partial charge in [0.1, 0.15) is 0 Å². The smallest absolute Gasteiger partial charge is 0.318 e. The van der Waals surface area contributed by atoms with E-state index in [0.29, 0.717) is 13.0 Å². The third kappa shape index (κ3) is 3.64. The van der Waals surface area contributed by atoms with E-state index >= 15 is 0 Å². The fraction of sp³-hybridized carbons (Fsp3) is 0.625. The van der Waals surface area contributed by atoms with Crippen molar-refractivity contribution in [1.82, 2.24) is 5.32 Å². The summed E-state index contributed by atoms with van der Waals surface area (Å²) in [5.74, 6) is -1.30. The molecule has 5 N–H and O–H groups in total. The molecule has 1 fully saturated rings. The summed E-state index contributed by atoms with van der Waals surface area (Å²) in [4.78, 5) is 25.4. The summed E-state index contributed by atoms with van der Waals surface area (Å²) in [6.45, 7) is 1.08. The van der Waals surface area contributed by atoms with Gasteiger partial charge in [0.25, 0.3) is 11.9 Å². The topological polar surface area (TPSA) is 120 Å². The van der Waals surface area contributed by atoms with E-state index in [0.717, 1.165) is 6.54 Å². The maximum atomic E-state index is 11.4. The largest absolute Gasteiger partial charge is 0.392 e. The zero-order valence-electron chi connectivity index (χ0n) is 8.23. The molecule has 1 amide bonds. The average molecular weight is 214 g/mol. The highest BCUT2D eigenvalue weighted by Gasteiger charge is 2.24. The first-order valence-electron chi connectivity index (χ1n) is 4.63. The molecular weight excluding hydrogens is 200 g/mol. The molecule has 15 heavy (non-hydrogen) atoms. The van der Waals surface area contributed by atoms with Gasteiger partial charge in [-0.2, -0.15) is 4.99 Å². The Labute approximate surface area is 86.8 Å². The fourth-order valence-electron chi connectivity index (χ4n) is 1.23. The normalized spacial score (nSPS) is 21.4. The van der Waals surface area contributed by atoms with Crippen LogP contribution in [0.25, 0.3) is 0 Å². The Balaban J connectivity index is 2.43. The molecule has 0 aromatic rings. The van der Waals surface area contributed by atoms with Gasteiger partial charge in [0.05, 0.1) is 12.5 Å². The monoisotopic (exact) mass is 214 g/mol. The first kappa shape index (κ1) is 11.6. The molecule has 0 aliphatic carbocycles. The Hall–Kier alpha value is -1.47. The molecule has 1 aliphatic heterocycles. The lowest BCUT2D eigenvalue weighted by Crippen LogP contribution is -2.28. The lowest BCUT2D eigenvalue weighted by Gasteiger charge is -2.06. The summed E-state index contributed by atoms with van der Waals surface area (Å²) in [6.07, 6.45) is 0.705. The SMILES string of the molecule is NCC(=O)N=C(N)OC(=O)C1CCNC1. The molecule has 0 bridgehead atoms. The molecule has 7 nitrogen and oxygen atoms in total. The highest BCUT2D eigenvalue weighted by molar-refractivity contribution is 5.95. The number of ether oxygens (including phenoxy) is 1. The van der Waals surface area contributed by atoms with E-state index in [2.05, 4.69) is 15.0 Å². The molecule has 0 aromatic heterocycles. The molecule has 1 unspecified atom stereocenters. The Morgan fingerprint density at radius 3 is 2.80 bits per heavy atom. The van der Waals surface area contributed by atoms with Crippen LogP contribution in [0.2, 0.25) is 0 Å². The molecule has 7 heteroatoms. The van der Waals surface area contributed by atoms with E-state index in [-0.39, 0.29) is 12.5 Å². The van der Waals surface area contributed by atoms with Crippen molar-refractivity contribution in [2.75, 3.05) is 19.6 Å². The number of nitrogens with one attached hydrogen (secondary N) is 1. The van der Waals surface area contributed by atoms with Crippen LogP contribution in [0.4, 0.5) is 0 Å². The molecule has 1 heterocycles. The molecule has 0 aromatic carbocycles. The second-order valence-corrected chi connectivity index (χ2v) is 3.16. The van der Waals surface area contributed by atoms with Gasteiger partial charge in [0.15, 0.2) is 0 Å². The molecule has 1 saturated heterocycles. The Morgan fingerprint density at radius 1 is 1.53 bits per heavy atom. The van der Waals surface area contributed by atoms with Crippen molar-refractivity contribution >= 4 is 17.9 Å². The zero-order chi connectivity index (χ0) is 11.3. The summed E-state index contributed by atoms with van der Waals surface area (Å²) in [7, 11) is 0. The maximum absolute atomic E-state index is 11.4. The summed E-state index contributed by atoms with van der Waals surface area (Å²) in [5, 5.41) is 3.01. The summed E-state index contributed by atoms with van der Waals surface area (Å²) in [5.41, 5.74) is 10.2.